The molecule has 11 nitrogen and oxygen atoms in total. The number of ketones is 1. The highest BCUT2D eigenvalue weighted by atomic mass is 16.5. The van der Waals surface area contributed by atoms with Crippen molar-refractivity contribution in [2.75, 3.05) is 18.4 Å². The first-order valence-corrected chi connectivity index (χ1v) is 14.0. The predicted molar refractivity (Wildman–Crippen MR) is 155 cm³/mol. The zero-order valence-electron chi connectivity index (χ0n) is 24.4. The zero-order chi connectivity index (χ0) is 29.5. The van der Waals surface area contributed by atoms with Gasteiger partial charge in [-0.1, -0.05) is 12.1 Å². The second kappa shape index (κ2) is 13.5. The minimum Gasteiger partial charge on any atom is -0.372 e. The normalized spacial score (nSPS) is 16.6. The lowest BCUT2D eigenvalue weighted by atomic mass is 9.99. The molecular weight excluding hydrogens is 522 g/mol. The monoisotopic (exact) mass is 561 g/mol. The number of likely N-dealkylation sites (tertiary alicyclic amines) is 1. The van der Waals surface area contributed by atoms with E-state index in [1.165, 1.54) is 12.5 Å². The summed E-state index contributed by atoms with van der Waals surface area (Å²) in [7, 11) is 1.86. The van der Waals surface area contributed by atoms with Crippen molar-refractivity contribution in [1.29, 1.82) is 0 Å². The fraction of sp³-hybridized carbons (Fsp3) is 0.467. The number of hydrogen-bond donors (Lipinski definition) is 2. The zero-order valence-corrected chi connectivity index (χ0v) is 24.4. The highest BCUT2D eigenvalue weighted by Gasteiger charge is 2.31. The molecule has 3 aromatic rings. The molecule has 2 fully saturated rings. The largest absolute Gasteiger partial charge is 0.372 e. The van der Waals surface area contributed by atoms with E-state index in [1.807, 2.05) is 38.1 Å². The number of hydrogen-bond acceptors (Lipinski definition) is 8. The summed E-state index contributed by atoms with van der Waals surface area (Å²) in [6.45, 7) is 9.04. The van der Waals surface area contributed by atoms with E-state index < -0.39 is 0 Å². The van der Waals surface area contributed by atoms with Gasteiger partial charge in [-0.2, -0.15) is 5.10 Å². The van der Waals surface area contributed by atoms with Gasteiger partial charge in [0.15, 0.2) is 5.78 Å². The molecule has 0 aliphatic carbocycles. The lowest BCUT2D eigenvalue weighted by Gasteiger charge is -2.40. The molecule has 1 unspecified atom stereocenters. The number of aromatic nitrogens is 4. The van der Waals surface area contributed by atoms with Crippen LogP contribution in [0.5, 0.6) is 0 Å². The Kier molecular flexibility index (Phi) is 9.82. The van der Waals surface area contributed by atoms with Gasteiger partial charge in [0.2, 0.25) is 17.8 Å². The molecule has 2 aliphatic heterocycles. The molecule has 2 amide bonds. The van der Waals surface area contributed by atoms with E-state index in [1.54, 1.807) is 17.1 Å². The third kappa shape index (κ3) is 8.43. The molecule has 0 bridgehead atoms. The van der Waals surface area contributed by atoms with Crippen LogP contribution in [0, 0.1) is 6.92 Å². The van der Waals surface area contributed by atoms with Crippen molar-refractivity contribution >= 4 is 29.2 Å². The summed E-state index contributed by atoms with van der Waals surface area (Å²) in [5.74, 6) is 0.771. The molecule has 0 saturated carbocycles. The van der Waals surface area contributed by atoms with Gasteiger partial charge in [-0.15, -0.1) is 0 Å². The Balaban J connectivity index is 0.000000367. The van der Waals surface area contributed by atoms with E-state index >= 15 is 0 Å². The Labute approximate surface area is 240 Å². The average molecular weight is 562 g/mol. The quantitative estimate of drug-likeness (QED) is 0.407. The molecule has 0 radical (unpaired) electrons. The SMILES string of the molecule is CC(=O)C1CCC(=O)N1.Cc1cc(-c2ccnc(Nc3cnn(C)c3)n2)ccc1CCC(=O)N1CC(OC(C)C)C1. The number of benzene rings is 1. The van der Waals surface area contributed by atoms with E-state index in [9.17, 15) is 14.4 Å². The minimum atomic E-state index is -0.197. The van der Waals surface area contributed by atoms with Crippen molar-refractivity contribution in [2.45, 2.75) is 71.6 Å². The molecule has 11 heteroatoms. The Morgan fingerprint density at radius 3 is 2.59 bits per heavy atom. The Morgan fingerprint density at radius 1 is 1.22 bits per heavy atom. The number of nitrogens with one attached hydrogen (secondary N) is 2. The Bertz CT molecular complexity index is 1380. The van der Waals surface area contributed by atoms with Crippen LogP contribution in [0.3, 0.4) is 0 Å². The Morgan fingerprint density at radius 2 is 2.00 bits per heavy atom. The van der Waals surface area contributed by atoms with Crippen molar-refractivity contribution in [3.8, 4) is 11.3 Å². The van der Waals surface area contributed by atoms with E-state index in [4.69, 9.17) is 4.74 Å². The van der Waals surface area contributed by atoms with Crippen LogP contribution in [-0.4, -0.2) is 73.6 Å². The topological polar surface area (TPSA) is 131 Å². The van der Waals surface area contributed by atoms with Gasteiger partial charge in [0.1, 0.15) is 0 Å². The van der Waals surface area contributed by atoms with Gasteiger partial charge < -0.3 is 20.3 Å². The molecule has 218 valence electrons. The van der Waals surface area contributed by atoms with E-state index in [2.05, 4.69) is 50.8 Å². The van der Waals surface area contributed by atoms with Crippen LogP contribution < -0.4 is 10.6 Å². The van der Waals surface area contributed by atoms with Gasteiger partial charge in [-0.25, -0.2) is 9.97 Å². The fourth-order valence-corrected chi connectivity index (χ4v) is 4.76. The van der Waals surface area contributed by atoms with Crippen molar-refractivity contribution in [3.05, 3.63) is 54.0 Å². The van der Waals surface area contributed by atoms with Crippen LogP contribution in [0.1, 0.15) is 51.2 Å². The van der Waals surface area contributed by atoms with Gasteiger partial charge in [0.05, 0.1) is 35.8 Å². The summed E-state index contributed by atoms with van der Waals surface area (Å²) in [5.41, 5.74) is 5.03. The van der Waals surface area contributed by atoms with Gasteiger partial charge >= 0.3 is 0 Å². The molecule has 1 atom stereocenters. The van der Waals surface area contributed by atoms with E-state index in [-0.39, 0.29) is 35.8 Å². The van der Waals surface area contributed by atoms with Crippen LogP contribution >= 0.6 is 0 Å². The molecule has 5 rings (SSSR count). The van der Waals surface area contributed by atoms with Crippen molar-refractivity contribution < 1.29 is 19.1 Å². The smallest absolute Gasteiger partial charge is 0.227 e. The summed E-state index contributed by atoms with van der Waals surface area (Å²) >= 11 is 0. The number of Topliss-reactive ketones (excluding diaryl/α,β-unsaturated/α-hetero) is 1. The maximum Gasteiger partial charge on any atom is 0.227 e. The number of carbonyl (C=O) groups excluding carboxylic acids is 3. The highest BCUT2D eigenvalue weighted by Crippen LogP contribution is 2.24. The van der Waals surface area contributed by atoms with Crippen molar-refractivity contribution in [1.82, 2.24) is 30.0 Å². The van der Waals surface area contributed by atoms with Gasteiger partial charge in [0.25, 0.3) is 0 Å². The van der Waals surface area contributed by atoms with Crippen LogP contribution in [0.15, 0.2) is 42.9 Å². The van der Waals surface area contributed by atoms with Crippen LogP contribution in [0.2, 0.25) is 0 Å². The maximum absolute atomic E-state index is 12.5. The predicted octanol–water partition coefficient (Wildman–Crippen LogP) is 3.35. The molecule has 2 aromatic heterocycles. The average Bonchev–Trinajstić information content (AvgIpc) is 3.53. The number of amides is 2. The second-order valence-corrected chi connectivity index (χ2v) is 10.8. The highest BCUT2D eigenvalue weighted by molar-refractivity contribution is 5.90. The molecule has 0 spiro atoms. The lowest BCUT2D eigenvalue weighted by molar-refractivity contribution is -0.148. The van der Waals surface area contributed by atoms with Crippen molar-refractivity contribution in [3.63, 3.8) is 0 Å². The maximum atomic E-state index is 12.5. The van der Waals surface area contributed by atoms with Crippen LogP contribution in [0.4, 0.5) is 11.6 Å². The number of carbonyl (C=O) groups is 3. The number of nitrogens with zero attached hydrogens (tertiary/aromatic N) is 5. The standard InChI is InChI=1S/C24H30N6O2.C6H9NO2/c1-16(2)32-21-14-30(15-21)23(31)8-7-18-5-6-19(11-17(18)3)22-9-10-25-24(28-22)27-20-12-26-29(4)13-20;1-4(8)5-2-3-6(9)7-5/h5-6,9-13,16,21H,7-8,14-15H2,1-4H3,(H,25,27,28);5H,2-3H2,1H3,(H,7,9). The summed E-state index contributed by atoms with van der Waals surface area (Å²) in [4.78, 5) is 44.3. The summed E-state index contributed by atoms with van der Waals surface area (Å²) in [5, 5.41) is 9.88. The first-order valence-electron chi connectivity index (χ1n) is 14.0. The first-order chi connectivity index (χ1) is 19.6. The summed E-state index contributed by atoms with van der Waals surface area (Å²) < 4.78 is 7.45. The number of aryl methyl sites for hydroxylation is 3. The van der Waals surface area contributed by atoms with Crippen LogP contribution in [0.25, 0.3) is 11.3 Å². The molecule has 2 saturated heterocycles. The third-order valence-electron chi connectivity index (χ3n) is 7.01. The number of ether oxygens (including phenoxy) is 1. The first kappa shape index (κ1) is 29.9. The molecule has 41 heavy (non-hydrogen) atoms. The van der Waals surface area contributed by atoms with E-state index in [0.29, 0.717) is 38.3 Å². The summed E-state index contributed by atoms with van der Waals surface area (Å²) in [6.07, 6.45) is 8.16. The van der Waals surface area contributed by atoms with Crippen LogP contribution in [-0.2, 0) is 32.6 Å². The minimum absolute atomic E-state index is 0.00444. The third-order valence-corrected chi connectivity index (χ3v) is 7.01. The molecular formula is C30H39N7O4. The molecule has 2 aliphatic rings. The summed E-state index contributed by atoms with van der Waals surface area (Å²) in [6, 6.07) is 7.96. The fourth-order valence-electron chi connectivity index (χ4n) is 4.76. The molecule has 2 N–H and O–H groups in total. The Hall–Kier alpha value is -4.12. The van der Waals surface area contributed by atoms with Gasteiger partial charge in [0, 0.05) is 50.9 Å². The van der Waals surface area contributed by atoms with Gasteiger partial charge in [-0.05, 0) is 63.8 Å². The van der Waals surface area contributed by atoms with Gasteiger partial charge in [-0.3, -0.25) is 19.1 Å². The van der Waals surface area contributed by atoms with E-state index in [0.717, 1.165) is 28.9 Å². The number of rotatable bonds is 9. The van der Waals surface area contributed by atoms with Crippen molar-refractivity contribution in [2.24, 2.45) is 7.05 Å². The molecule has 4 heterocycles. The second-order valence-electron chi connectivity index (χ2n) is 10.8. The number of anilines is 2. The lowest BCUT2D eigenvalue weighted by Crippen LogP contribution is -2.55. The molecule has 1 aromatic carbocycles.